The van der Waals surface area contributed by atoms with Crippen LogP contribution in [-0.2, 0) is 6.54 Å². The smallest absolute Gasteiger partial charge is 0.257 e. The summed E-state index contributed by atoms with van der Waals surface area (Å²) in [5.41, 5.74) is 2.41. The number of likely N-dealkylation sites (N-methyl/N-ethyl adjacent to an activating group) is 1. The molecule has 132 valence electrons. The van der Waals surface area contributed by atoms with Gasteiger partial charge in [0.15, 0.2) is 0 Å². The van der Waals surface area contributed by atoms with Gasteiger partial charge in [-0.25, -0.2) is 0 Å². The SMILES string of the molecule is CN1CCCC1CNCc1cccc(NC(=O)c2ccccc2Cl)c1. The highest BCUT2D eigenvalue weighted by Gasteiger charge is 2.19. The molecular weight excluding hydrogens is 334 g/mol. The summed E-state index contributed by atoms with van der Waals surface area (Å²) in [4.78, 5) is 14.8. The van der Waals surface area contributed by atoms with Gasteiger partial charge in [-0.05, 0) is 56.3 Å². The average molecular weight is 358 g/mol. The minimum absolute atomic E-state index is 0.191. The second kappa shape index (κ2) is 8.48. The van der Waals surface area contributed by atoms with Crippen LogP contribution in [0.15, 0.2) is 48.5 Å². The van der Waals surface area contributed by atoms with Crippen molar-refractivity contribution < 1.29 is 4.79 Å². The van der Waals surface area contributed by atoms with Crippen molar-refractivity contribution in [2.75, 3.05) is 25.5 Å². The molecule has 0 bridgehead atoms. The van der Waals surface area contributed by atoms with Gasteiger partial charge in [0.1, 0.15) is 0 Å². The highest BCUT2D eigenvalue weighted by atomic mass is 35.5. The van der Waals surface area contributed by atoms with Crippen molar-refractivity contribution in [3.63, 3.8) is 0 Å². The Morgan fingerprint density at radius 2 is 2.08 bits per heavy atom. The van der Waals surface area contributed by atoms with Gasteiger partial charge < -0.3 is 15.5 Å². The number of nitrogens with zero attached hydrogens (tertiary/aromatic N) is 1. The monoisotopic (exact) mass is 357 g/mol. The lowest BCUT2D eigenvalue weighted by molar-refractivity contribution is 0.102. The molecule has 3 rings (SSSR count). The van der Waals surface area contributed by atoms with Crippen molar-refractivity contribution in [2.24, 2.45) is 0 Å². The van der Waals surface area contributed by atoms with Crippen LogP contribution >= 0.6 is 11.6 Å². The minimum atomic E-state index is -0.191. The van der Waals surface area contributed by atoms with Crippen molar-refractivity contribution in [1.29, 1.82) is 0 Å². The first-order valence-corrected chi connectivity index (χ1v) is 9.07. The molecule has 2 N–H and O–H groups in total. The summed E-state index contributed by atoms with van der Waals surface area (Å²) < 4.78 is 0. The van der Waals surface area contributed by atoms with Crippen LogP contribution in [0.2, 0.25) is 5.02 Å². The molecule has 1 heterocycles. The van der Waals surface area contributed by atoms with Crippen LogP contribution in [0.5, 0.6) is 0 Å². The molecule has 25 heavy (non-hydrogen) atoms. The van der Waals surface area contributed by atoms with Crippen molar-refractivity contribution in [2.45, 2.75) is 25.4 Å². The van der Waals surface area contributed by atoms with E-state index < -0.39 is 0 Å². The average Bonchev–Trinajstić information content (AvgIpc) is 3.01. The van der Waals surface area contributed by atoms with Crippen molar-refractivity contribution >= 4 is 23.2 Å². The van der Waals surface area contributed by atoms with Crippen LogP contribution in [0.1, 0.15) is 28.8 Å². The fraction of sp³-hybridized carbons (Fsp3) is 0.350. The van der Waals surface area contributed by atoms with Crippen LogP contribution < -0.4 is 10.6 Å². The number of carbonyl (C=O) groups excluding carboxylic acids is 1. The third kappa shape index (κ3) is 4.82. The largest absolute Gasteiger partial charge is 0.322 e. The lowest BCUT2D eigenvalue weighted by atomic mass is 10.1. The summed E-state index contributed by atoms with van der Waals surface area (Å²) in [6.45, 7) is 2.97. The van der Waals surface area contributed by atoms with Crippen molar-refractivity contribution in [3.8, 4) is 0 Å². The van der Waals surface area contributed by atoms with E-state index in [0.29, 0.717) is 16.6 Å². The molecule has 1 aliphatic rings. The normalized spacial score (nSPS) is 17.6. The number of likely N-dealkylation sites (tertiary alicyclic amines) is 1. The molecule has 0 radical (unpaired) electrons. The molecule has 0 spiro atoms. The Morgan fingerprint density at radius 1 is 1.24 bits per heavy atom. The van der Waals surface area contributed by atoms with E-state index >= 15 is 0 Å². The number of rotatable bonds is 6. The molecule has 1 amide bonds. The number of carbonyl (C=O) groups is 1. The van der Waals surface area contributed by atoms with E-state index in [1.54, 1.807) is 18.2 Å². The van der Waals surface area contributed by atoms with E-state index in [2.05, 4.69) is 28.6 Å². The number of anilines is 1. The topological polar surface area (TPSA) is 44.4 Å². The van der Waals surface area contributed by atoms with Crippen LogP contribution in [0.25, 0.3) is 0 Å². The number of hydrogen-bond acceptors (Lipinski definition) is 3. The van der Waals surface area contributed by atoms with Gasteiger partial charge in [-0.2, -0.15) is 0 Å². The Morgan fingerprint density at radius 3 is 2.84 bits per heavy atom. The first kappa shape index (κ1) is 17.9. The Kier molecular flexibility index (Phi) is 6.08. The molecular formula is C20H24ClN3O. The van der Waals surface area contributed by atoms with E-state index in [4.69, 9.17) is 11.6 Å². The molecule has 2 aromatic carbocycles. The first-order chi connectivity index (χ1) is 12.1. The van der Waals surface area contributed by atoms with Crippen LogP contribution in [0.3, 0.4) is 0 Å². The Labute approximate surface area is 154 Å². The zero-order valence-corrected chi connectivity index (χ0v) is 15.2. The molecule has 1 saturated heterocycles. The van der Waals surface area contributed by atoms with Crippen LogP contribution in [0.4, 0.5) is 5.69 Å². The number of amides is 1. The lowest BCUT2D eigenvalue weighted by Gasteiger charge is -2.19. The Bertz CT molecular complexity index is 734. The number of halogens is 1. The van der Waals surface area contributed by atoms with E-state index in [-0.39, 0.29) is 5.91 Å². The van der Waals surface area contributed by atoms with Gasteiger partial charge in [-0.3, -0.25) is 4.79 Å². The Hall–Kier alpha value is -1.88. The first-order valence-electron chi connectivity index (χ1n) is 8.69. The maximum absolute atomic E-state index is 12.4. The van der Waals surface area contributed by atoms with Gasteiger partial charge in [-0.15, -0.1) is 0 Å². The molecule has 1 fully saturated rings. The summed E-state index contributed by atoms with van der Waals surface area (Å²) in [5, 5.41) is 6.90. The van der Waals surface area contributed by atoms with Gasteiger partial charge in [0.05, 0.1) is 10.6 Å². The van der Waals surface area contributed by atoms with Gasteiger partial charge in [-0.1, -0.05) is 35.9 Å². The molecule has 5 heteroatoms. The molecule has 1 atom stereocenters. The molecule has 2 aromatic rings. The molecule has 0 aliphatic carbocycles. The Balaban J connectivity index is 1.56. The van der Waals surface area contributed by atoms with Gasteiger partial charge in [0.2, 0.25) is 0 Å². The molecule has 0 aromatic heterocycles. The maximum Gasteiger partial charge on any atom is 0.257 e. The zero-order chi connectivity index (χ0) is 17.6. The maximum atomic E-state index is 12.4. The quantitative estimate of drug-likeness (QED) is 0.827. The highest BCUT2D eigenvalue weighted by molar-refractivity contribution is 6.34. The summed E-state index contributed by atoms with van der Waals surface area (Å²) in [7, 11) is 2.18. The standard InChI is InChI=1S/C20H24ClN3O/c1-24-11-5-8-17(24)14-22-13-15-6-4-7-16(12-15)23-20(25)18-9-2-3-10-19(18)21/h2-4,6-7,9-10,12,17,22H,5,8,11,13-14H2,1H3,(H,23,25). The van der Waals surface area contributed by atoms with E-state index in [0.717, 1.165) is 24.3 Å². The van der Waals surface area contributed by atoms with Gasteiger partial charge in [0, 0.05) is 24.8 Å². The second-order valence-corrected chi connectivity index (χ2v) is 6.95. The molecule has 1 unspecified atom stereocenters. The summed E-state index contributed by atoms with van der Waals surface area (Å²) >= 11 is 6.08. The van der Waals surface area contributed by atoms with Crippen molar-refractivity contribution in [3.05, 3.63) is 64.7 Å². The van der Waals surface area contributed by atoms with E-state index in [1.807, 2.05) is 24.3 Å². The third-order valence-corrected chi connectivity index (χ3v) is 5.01. The van der Waals surface area contributed by atoms with Crippen LogP contribution in [0, 0.1) is 0 Å². The third-order valence-electron chi connectivity index (χ3n) is 4.68. The molecule has 4 nitrogen and oxygen atoms in total. The predicted octanol–water partition coefficient (Wildman–Crippen LogP) is 3.78. The fourth-order valence-electron chi connectivity index (χ4n) is 3.22. The number of nitrogens with one attached hydrogen (secondary N) is 2. The van der Waals surface area contributed by atoms with Crippen molar-refractivity contribution in [1.82, 2.24) is 10.2 Å². The zero-order valence-electron chi connectivity index (χ0n) is 14.5. The highest BCUT2D eigenvalue weighted by Crippen LogP contribution is 2.18. The van der Waals surface area contributed by atoms with E-state index in [1.165, 1.54) is 19.4 Å². The lowest BCUT2D eigenvalue weighted by Crippen LogP contribution is -2.35. The second-order valence-electron chi connectivity index (χ2n) is 6.54. The number of hydrogen-bond donors (Lipinski definition) is 2. The minimum Gasteiger partial charge on any atom is -0.322 e. The molecule has 1 aliphatic heterocycles. The molecule has 0 saturated carbocycles. The summed E-state index contributed by atoms with van der Waals surface area (Å²) in [5.74, 6) is -0.191. The van der Waals surface area contributed by atoms with Crippen LogP contribution in [-0.4, -0.2) is 37.0 Å². The van der Waals surface area contributed by atoms with Gasteiger partial charge in [0.25, 0.3) is 5.91 Å². The predicted molar refractivity (Wildman–Crippen MR) is 103 cm³/mol. The van der Waals surface area contributed by atoms with E-state index in [9.17, 15) is 4.79 Å². The van der Waals surface area contributed by atoms with Gasteiger partial charge >= 0.3 is 0 Å². The summed E-state index contributed by atoms with van der Waals surface area (Å²) in [6.07, 6.45) is 2.55. The number of benzene rings is 2. The summed E-state index contributed by atoms with van der Waals surface area (Å²) in [6, 6.07) is 15.6. The fourth-order valence-corrected chi connectivity index (χ4v) is 3.44.